The maximum absolute atomic E-state index is 13.1. The number of carbonyl (C=O) groups excluding carboxylic acids is 2. The first kappa shape index (κ1) is 21.7. The minimum absolute atomic E-state index is 0.0961. The van der Waals surface area contributed by atoms with Crippen LogP contribution < -0.4 is 14.8 Å². The van der Waals surface area contributed by atoms with Gasteiger partial charge in [0.1, 0.15) is 17.5 Å². The Morgan fingerprint density at radius 2 is 1.80 bits per heavy atom. The van der Waals surface area contributed by atoms with Gasteiger partial charge >= 0.3 is 0 Å². The number of amides is 2. The van der Waals surface area contributed by atoms with Crippen molar-refractivity contribution >= 4 is 11.8 Å². The van der Waals surface area contributed by atoms with E-state index < -0.39 is 6.04 Å². The second-order valence-corrected chi connectivity index (χ2v) is 7.74. The van der Waals surface area contributed by atoms with Gasteiger partial charge in [0, 0.05) is 13.1 Å². The first-order valence-electron chi connectivity index (χ1n) is 10.5. The number of para-hydroxylation sites is 1. The van der Waals surface area contributed by atoms with Crippen molar-refractivity contribution in [1.29, 1.82) is 0 Å². The zero-order valence-corrected chi connectivity index (χ0v) is 17.7. The molecule has 1 N–H and O–H groups in total. The normalized spacial score (nSPS) is 16.5. The van der Waals surface area contributed by atoms with Crippen LogP contribution in [0.2, 0.25) is 0 Å². The number of carbonyl (C=O) groups is 2. The average molecular weight is 411 g/mol. The lowest BCUT2D eigenvalue weighted by Crippen LogP contribution is -2.49. The second kappa shape index (κ2) is 10.7. The Hall–Kier alpha value is -3.02. The van der Waals surface area contributed by atoms with Crippen molar-refractivity contribution in [1.82, 2.24) is 10.2 Å². The molecule has 6 nitrogen and oxygen atoms in total. The van der Waals surface area contributed by atoms with Gasteiger partial charge in [-0.1, -0.05) is 30.3 Å². The third-order valence-electron chi connectivity index (χ3n) is 4.96. The minimum Gasteiger partial charge on any atom is -0.491 e. The van der Waals surface area contributed by atoms with Crippen molar-refractivity contribution in [3.05, 3.63) is 60.2 Å². The highest BCUT2D eigenvalue weighted by molar-refractivity contribution is 5.88. The molecular formula is C24H30N2O4. The fourth-order valence-electron chi connectivity index (χ4n) is 3.48. The number of benzene rings is 2. The molecule has 160 valence electrons. The van der Waals surface area contributed by atoms with Crippen molar-refractivity contribution in [2.75, 3.05) is 13.2 Å². The van der Waals surface area contributed by atoms with Crippen molar-refractivity contribution in [2.24, 2.45) is 0 Å². The molecule has 6 heteroatoms. The Bertz CT molecular complexity index is 821. The molecule has 0 radical (unpaired) electrons. The van der Waals surface area contributed by atoms with Crippen LogP contribution in [0, 0.1) is 0 Å². The molecule has 1 atom stereocenters. The zero-order valence-electron chi connectivity index (χ0n) is 17.7. The van der Waals surface area contributed by atoms with Crippen LogP contribution in [0.25, 0.3) is 0 Å². The van der Waals surface area contributed by atoms with Crippen LogP contribution in [0.1, 0.15) is 38.7 Å². The van der Waals surface area contributed by atoms with Crippen LogP contribution in [-0.4, -0.2) is 42.0 Å². The van der Waals surface area contributed by atoms with Gasteiger partial charge in [0.25, 0.3) is 5.91 Å². The molecule has 1 aliphatic heterocycles. The topological polar surface area (TPSA) is 67.9 Å². The van der Waals surface area contributed by atoms with Gasteiger partial charge in [0.05, 0.1) is 6.10 Å². The van der Waals surface area contributed by atoms with E-state index in [0.29, 0.717) is 25.3 Å². The number of hydrogen-bond donors (Lipinski definition) is 1. The summed E-state index contributed by atoms with van der Waals surface area (Å²) in [6.07, 6.45) is 2.57. The molecule has 3 rings (SSSR count). The third kappa shape index (κ3) is 6.24. The van der Waals surface area contributed by atoms with Crippen molar-refractivity contribution < 1.29 is 19.1 Å². The minimum atomic E-state index is -0.494. The molecule has 1 fully saturated rings. The fraction of sp³-hybridized carbons (Fsp3) is 0.417. The zero-order chi connectivity index (χ0) is 21.3. The third-order valence-corrected chi connectivity index (χ3v) is 4.96. The molecule has 2 aromatic rings. The number of nitrogens with zero attached hydrogens (tertiary/aromatic N) is 1. The molecule has 0 aromatic heterocycles. The van der Waals surface area contributed by atoms with Gasteiger partial charge in [-0.3, -0.25) is 9.59 Å². The van der Waals surface area contributed by atoms with E-state index in [2.05, 4.69) is 5.32 Å². The van der Waals surface area contributed by atoms with Gasteiger partial charge in [0.15, 0.2) is 6.61 Å². The SMILES string of the molecule is CC(C)Oc1ccc(CN(C(=O)COc2ccccc2)C2CCCCNC2=O)cc1. The molecule has 0 aliphatic carbocycles. The molecule has 30 heavy (non-hydrogen) atoms. The Morgan fingerprint density at radius 1 is 1.07 bits per heavy atom. The summed E-state index contributed by atoms with van der Waals surface area (Å²) in [6.45, 7) is 4.84. The van der Waals surface area contributed by atoms with E-state index in [4.69, 9.17) is 9.47 Å². The summed E-state index contributed by atoms with van der Waals surface area (Å²) in [6, 6.07) is 16.4. The Morgan fingerprint density at radius 3 is 2.50 bits per heavy atom. The maximum Gasteiger partial charge on any atom is 0.261 e. The standard InChI is InChI=1S/C24H30N2O4/c1-18(2)30-21-13-11-19(12-14-21)16-26(22-10-6-7-15-25-24(22)28)23(27)17-29-20-8-4-3-5-9-20/h3-5,8-9,11-14,18,22H,6-7,10,15-17H2,1-2H3,(H,25,28). The van der Waals surface area contributed by atoms with Crippen LogP contribution >= 0.6 is 0 Å². The molecule has 1 saturated heterocycles. The van der Waals surface area contributed by atoms with Gasteiger partial charge in [-0.15, -0.1) is 0 Å². The molecule has 0 bridgehead atoms. The van der Waals surface area contributed by atoms with Crippen molar-refractivity contribution in [3.8, 4) is 11.5 Å². The molecule has 0 spiro atoms. The highest BCUT2D eigenvalue weighted by Gasteiger charge is 2.31. The van der Waals surface area contributed by atoms with E-state index in [1.54, 1.807) is 4.90 Å². The van der Waals surface area contributed by atoms with Gasteiger partial charge in [0.2, 0.25) is 5.91 Å². The maximum atomic E-state index is 13.1. The van der Waals surface area contributed by atoms with E-state index in [9.17, 15) is 9.59 Å². The Kier molecular flexibility index (Phi) is 7.71. The molecule has 0 saturated carbocycles. The lowest BCUT2D eigenvalue weighted by atomic mass is 10.1. The van der Waals surface area contributed by atoms with Crippen LogP contribution in [0.4, 0.5) is 0 Å². The summed E-state index contributed by atoms with van der Waals surface area (Å²) < 4.78 is 11.4. The van der Waals surface area contributed by atoms with Gasteiger partial charge in [-0.25, -0.2) is 0 Å². The summed E-state index contributed by atoms with van der Waals surface area (Å²) in [5, 5.41) is 2.93. The number of nitrogens with one attached hydrogen (secondary N) is 1. The Balaban J connectivity index is 1.74. The molecule has 2 aromatic carbocycles. The monoisotopic (exact) mass is 410 g/mol. The molecule has 1 aliphatic rings. The lowest BCUT2D eigenvalue weighted by Gasteiger charge is -2.30. The van der Waals surface area contributed by atoms with Crippen molar-refractivity contribution in [3.63, 3.8) is 0 Å². The smallest absolute Gasteiger partial charge is 0.261 e. The van der Waals surface area contributed by atoms with Gasteiger partial charge < -0.3 is 19.7 Å². The van der Waals surface area contributed by atoms with Crippen LogP contribution in [-0.2, 0) is 16.1 Å². The molecule has 1 unspecified atom stereocenters. The summed E-state index contributed by atoms with van der Waals surface area (Å²) >= 11 is 0. The van der Waals surface area contributed by atoms with Crippen LogP contribution in [0.5, 0.6) is 11.5 Å². The number of rotatable bonds is 8. The molecular weight excluding hydrogens is 380 g/mol. The van der Waals surface area contributed by atoms with E-state index >= 15 is 0 Å². The van der Waals surface area contributed by atoms with E-state index in [0.717, 1.165) is 24.2 Å². The van der Waals surface area contributed by atoms with Crippen LogP contribution in [0.3, 0.4) is 0 Å². The Labute approximate surface area is 178 Å². The number of hydrogen-bond acceptors (Lipinski definition) is 4. The largest absolute Gasteiger partial charge is 0.491 e. The highest BCUT2D eigenvalue weighted by Crippen LogP contribution is 2.20. The second-order valence-electron chi connectivity index (χ2n) is 7.74. The molecule has 1 heterocycles. The summed E-state index contributed by atoms with van der Waals surface area (Å²) in [5.74, 6) is 1.11. The van der Waals surface area contributed by atoms with Gasteiger partial charge in [-0.05, 0) is 62.9 Å². The first-order chi connectivity index (χ1) is 14.5. The van der Waals surface area contributed by atoms with Crippen LogP contribution in [0.15, 0.2) is 54.6 Å². The van der Waals surface area contributed by atoms with Crippen molar-refractivity contribution in [2.45, 2.75) is 51.8 Å². The fourth-order valence-corrected chi connectivity index (χ4v) is 3.48. The summed E-state index contributed by atoms with van der Waals surface area (Å²) in [5.41, 5.74) is 0.941. The predicted octanol–water partition coefficient (Wildman–Crippen LogP) is 3.55. The molecule has 2 amide bonds. The number of ether oxygens (including phenoxy) is 2. The first-order valence-corrected chi connectivity index (χ1v) is 10.5. The highest BCUT2D eigenvalue weighted by atomic mass is 16.5. The van der Waals surface area contributed by atoms with Gasteiger partial charge in [-0.2, -0.15) is 0 Å². The summed E-state index contributed by atoms with van der Waals surface area (Å²) in [4.78, 5) is 27.4. The summed E-state index contributed by atoms with van der Waals surface area (Å²) in [7, 11) is 0. The lowest BCUT2D eigenvalue weighted by molar-refractivity contribution is -0.142. The van der Waals surface area contributed by atoms with E-state index in [1.807, 2.05) is 68.4 Å². The predicted molar refractivity (Wildman–Crippen MR) is 115 cm³/mol. The van der Waals surface area contributed by atoms with E-state index in [-0.39, 0.29) is 24.5 Å². The quantitative estimate of drug-likeness (QED) is 0.723. The average Bonchev–Trinajstić information content (AvgIpc) is 2.96. The van der Waals surface area contributed by atoms with E-state index in [1.165, 1.54) is 0 Å².